The number of piperidine rings is 1. The fourth-order valence-corrected chi connectivity index (χ4v) is 2.63. The van der Waals surface area contributed by atoms with Crippen LogP contribution in [0.1, 0.15) is 32.3 Å². The molecular formula is C17H24N2O3. The number of rotatable bonds is 5. The number of amides is 1. The Morgan fingerprint density at radius 3 is 2.59 bits per heavy atom. The number of nitrogens with zero attached hydrogens (tertiary/aromatic N) is 1. The van der Waals surface area contributed by atoms with Gasteiger partial charge in [-0.2, -0.15) is 0 Å². The largest absolute Gasteiger partial charge is 0.481 e. The third kappa shape index (κ3) is 4.56. The summed E-state index contributed by atoms with van der Waals surface area (Å²) in [6, 6.07) is 7.85. The summed E-state index contributed by atoms with van der Waals surface area (Å²) in [7, 11) is 0. The van der Waals surface area contributed by atoms with E-state index in [0.29, 0.717) is 12.8 Å². The predicted molar refractivity (Wildman–Crippen MR) is 85.5 cm³/mol. The van der Waals surface area contributed by atoms with Crippen LogP contribution < -0.4 is 5.32 Å². The van der Waals surface area contributed by atoms with Gasteiger partial charge in [-0.15, -0.1) is 0 Å². The highest BCUT2D eigenvalue weighted by atomic mass is 16.4. The van der Waals surface area contributed by atoms with Gasteiger partial charge in [-0.3, -0.25) is 14.5 Å². The van der Waals surface area contributed by atoms with Gasteiger partial charge >= 0.3 is 5.97 Å². The van der Waals surface area contributed by atoms with Gasteiger partial charge in [0, 0.05) is 18.2 Å². The van der Waals surface area contributed by atoms with Gasteiger partial charge in [0.1, 0.15) is 0 Å². The van der Waals surface area contributed by atoms with Crippen LogP contribution in [0.15, 0.2) is 24.3 Å². The summed E-state index contributed by atoms with van der Waals surface area (Å²) in [5.41, 5.74) is 1.95. The van der Waals surface area contributed by atoms with Crippen molar-refractivity contribution in [2.75, 3.05) is 18.4 Å². The number of nitrogens with one attached hydrogen (secondary N) is 1. The molecule has 0 aliphatic carbocycles. The Hall–Kier alpha value is -1.88. The second kappa shape index (κ2) is 7.40. The molecule has 1 aliphatic heterocycles. The molecule has 1 heterocycles. The zero-order chi connectivity index (χ0) is 16.1. The molecule has 5 nitrogen and oxygen atoms in total. The van der Waals surface area contributed by atoms with E-state index < -0.39 is 5.97 Å². The number of carbonyl (C=O) groups is 2. The molecule has 1 aromatic carbocycles. The molecule has 1 amide bonds. The number of anilines is 1. The normalized spacial score (nSPS) is 16.7. The molecule has 2 N–H and O–H groups in total. The number of hydrogen-bond acceptors (Lipinski definition) is 3. The molecule has 0 spiro atoms. The molecule has 5 heteroatoms. The highest BCUT2D eigenvalue weighted by molar-refractivity contribution is 5.92. The maximum atomic E-state index is 11.7. The summed E-state index contributed by atoms with van der Waals surface area (Å²) in [6.45, 7) is 6.13. The summed E-state index contributed by atoms with van der Waals surface area (Å²) >= 11 is 0. The van der Waals surface area contributed by atoms with E-state index in [0.717, 1.165) is 30.9 Å². The first-order valence-electron chi connectivity index (χ1n) is 7.80. The monoisotopic (exact) mass is 304 g/mol. The maximum absolute atomic E-state index is 11.7. The molecule has 0 atom stereocenters. The average molecular weight is 304 g/mol. The number of aliphatic carboxylic acids is 1. The third-order valence-electron chi connectivity index (χ3n) is 4.06. The Kier molecular flexibility index (Phi) is 5.55. The average Bonchev–Trinajstić information content (AvgIpc) is 2.48. The van der Waals surface area contributed by atoms with Crippen LogP contribution in [0.2, 0.25) is 0 Å². The summed E-state index contributed by atoms with van der Waals surface area (Å²) in [5, 5.41) is 11.9. The second-order valence-electron chi connectivity index (χ2n) is 6.23. The highest BCUT2D eigenvalue weighted by Gasteiger charge is 2.24. The molecule has 1 fully saturated rings. The standard InChI is InChI=1S/C17H24N2O3/c1-12(2)16(20)18-15-5-3-4-13(10-15)11-19-8-6-14(7-9-19)17(21)22/h3-5,10,12,14H,6-9,11H2,1-2H3,(H,18,20)(H,21,22). The van der Waals surface area contributed by atoms with Crippen molar-refractivity contribution < 1.29 is 14.7 Å². The van der Waals surface area contributed by atoms with Crippen LogP contribution in [-0.4, -0.2) is 35.0 Å². The fourth-order valence-electron chi connectivity index (χ4n) is 2.63. The molecule has 1 aliphatic rings. The lowest BCUT2D eigenvalue weighted by molar-refractivity contribution is -0.143. The van der Waals surface area contributed by atoms with Gasteiger partial charge in [0.15, 0.2) is 0 Å². The molecule has 0 bridgehead atoms. The van der Waals surface area contributed by atoms with Crippen molar-refractivity contribution >= 4 is 17.6 Å². The molecule has 2 rings (SSSR count). The van der Waals surface area contributed by atoms with E-state index in [1.165, 1.54) is 0 Å². The Morgan fingerprint density at radius 1 is 1.32 bits per heavy atom. The molecule has 0 saturated carbocycles. The van der Waals surface area contributed by atoms with Crippen molar-refractivity contribution in [3.8, 4) is 0 Å². The molecule has 0 unspecified atom stereocenters. The van der Waals surface area contributed by atoms with E-state index in [1.807, 2.05) is 38.1 Å². The number of likely N-dealkylation sites (tertiary alicyclic amines) is 1. The number of carbonyl (C=O) groups excluding carboxylic acids is 1. The lowest BCUT2D eigenvalue weighted by Crippen LogP contribution is -2.35. The summed E-state index contributed by atoms with van der Waals surface area (Å²) in [5.74, 6) is -0.913. The van der Waals surface area contributed by atoms with Gasteiger partial charge in [-0.25, -0.2) is 0 Å². The zero-order valence-corrected chi connectivity index (χ0v) is 13.2. The van der Waals surface area contributed by atoms with Crippen molar-refractivity contribution in [3.05, 3.63) is 29.8 Å². The minimum atomic E-state index is -0.682. The van der Waals surface area contributed by atoms with Gasteiger partial charge in [-0.1, -0.05) is 26.0 Å². The molecule has 1 saturated heterocycles. The van der Waals surface area contributed by atoms with Crippen molar-refractivity contribution in [1.82, 2.24) is 4.90 Å². The van der Waals surface area contributed by atoms with Gasteiger partial charge in [0.05, 0.1) is 5.92 Å². The SMILES string of the molecule is CC(C)C(=O)Nc1cccc(CN2CCC(C(=O)O)CC2)c1. The van der Waals surface area contributed by atoms with E-state index in [-0.39, 0.29) is 17.7 Å². The topological polar surface area (TPSA) is 69.6 Å². The lowest BCUT2D eigenvalue weighted by atomic mass is 9.97. The summed E-state index contributed by atoms with van der Waals surface area (Å²) in [4.78, 5) is 25.0. The summed E-state index contributed by atoms with van der Waals surface area (Å²) in [6.07, 6.45) is 1.41. The van der Waals surface area contributed by atoms with Crippen LogP contribution in [0.25, 0.3) is 0 Å². The van der Waals surface area contributed by atoms with E-state index >= 15 is 0 Å². The van der Waals surface area contributed by atoms with Crippen molar-refractivity contribution in [1.29, 1.82) is 0 Å². The molecule has 0 radical (unpaired) electrons. The first kappa shape index (κ1) is 16.5. The Morgan fingerprint density at radius 2 is 2.00 bits per heavy atom. The van der Waals surface area contributed by atoms with Gasteiger partial charge in [0.25, 0.3) is 0 Å². The third-order valence-corrected chi connectivity index (χ3v) is 4.06. The van der Waals surface area contributed by atoms with Crippen LogP contribution in [0, 0.1) is 11.8 Å². The van der Waals surface area contributed by atoms with Gasteiger partial charge < -0.3 is 10.4 Å². The van der Waals surface area contributed by atoms with Gasteiger partial charge in [-0.05, 0) is 43.6 Å². The first-order chi connectivity index (χ1) is 10.5. The number of benzene rings is 1. The maximum Gasteiger partial charge on any atom is 0.306 e. The Balaban J connectivity index is 1.91. The Bertz CT molecular complexity index is 534. The predicted octanol–water partition coefficient (Wildman–Crippen LogP) is 2.58. The highest BCUT2D eigenvalue weighted by Crippen LogP contribution is 2.20. The van der Waals surface area contributed by atoms with Crippen LogP contribution in [-0.2, 0) is 16.1 Å². The number of carboxylic acid groups (broad SMARTS) is 1. The zero-order valence-electron chi connectivity index (χ0n) is 13.2. The Labute approximate surface area is 131 Å². The van der Waals surface area contributed by atoms with Crippen molar-refractivity contribution in [2.24, 2.45) is 11.8 Å². The smallest absolute Gasteiger partial charge is 0.306 e. The number of hydrogen-bond donors (Lipinski definition) is 2. The van der Waals surface area contributed by atoms with Crippen LogP contribution in [0.5, 0.6) is 0 Å². The number of carboxylic acids is 1. The fraction of sp³-hybridized carbons (Fsp3) is 0.529. The van der Waals surface area contributed by atoms with E-state index in [4.69, 9.17) is 5.11 Å². The van der Waals surface area contributed by atoms with Crippen LogP contribution in [0.3, 0.4) is 0 Å². The second-order valence-corrected chi connectivity index (χ2v) is 6.23. The molecular weight excluding hydrogens is 280 g/mol. The molecule has 0 aromatic heterocycles. The van der Waals surface area contributed by atoms with Crippen LogP contribution >= 0.6 is 0 Å². The van der Waals surface area contributed by atoms with Crippen LogP contribution in [0.4, 0.5) is 5.69 Å². The van der Waals surface area contributed by atoms with E-state index in [9.17, 15) is 9.59 Å². The van der Waals surface area contributed by atoms with E-state index in [2.05, 4.69) is 10.2 Å². The first-order valence-corrected chi connectivity index (χ1v) is 7.80. The molecule has 1 aromatic rings. The molecule has 120 valence electrons. The lowest BCUT2D eigenvalue weighted by Gasteiger charge is -2.30. The van der Waals surface area contributed by atoms with Crippen molar-refractivity contribution in [2.45, 2.75) is 33.2 Å². The minimum Gasteiger partial charge on any atom is -0.481 e. The van der Waals surface area contributed by atoms with E-state index in [1.54, 1.807) is 0 Å². The molecule has 22 heavy (non-hydrogen) atoms. The van der Waals surface area contributed by atoms with Gasteiger partial charge in [0.2, 0.25) is 5.91 Å². The van der Waals surface area contributed by atoms with Crippen molar-refractivity contribution in [3.63, 3.8) is 0 Å². The summed E-state index contributed by atoms with van der Waals surface area (Å²) < 4.78 is 0. The minimum absolute atomic E-state index is 0.0134. The quantitative estimate of drug-likeness (QED) is 0.877.